The lowest BCUT2D eigenvalue weighted by Gasteiger charge is -2.09. The SMILES string of the molecule is O=Cc1ccc(OCC(=O)OCC(=O)Nc2ccc(OC(F)F)cc2)cc1. The highest BCUT2D eigenvalue weighted by molar-refractivity contribution is 5.92. The number of halogens is 2. The summed E-state index contributed by atoms with van der Waals surface area (Å²) < 4.78 is 38.2. The first kappa shape index (κ1) is 19.8. The maximum Gasteiger partial charge on any atom is 0.387 e. The molecular weight excluding hydrogens is 364 g/mol. The Balaban J connectivity index is 1.71. The Morgan fingerprint density at radius 2 is 1.59 bits per heavy atom. The lowest BCUT2D eigenvalue weighted by molar-refractivity contribution is -0.149. The molecule has 0 atom stereocenters. The van der Waals surface area contributed by atoms with E-state index in [1.165, 1.54) is 48.5 Å². The minimum atomic E-state index is -2.94. The van der Waals surface area contributed by atoms with Crippen molar-refractivity contribution in [1.82, 2.24) is 0 Å². The molecule has 0 heterocycles. The van der Waals surface area contributed by atoms with Crippen LogP contribution in [0.1, 0.15) is 10.4 Å². The van der Waals surface area contributed by atoms with Crippen LogP contribution >= 0.6 is 0 Å². The van der Waals surface area contributed by atoms with Crippen molar-refractivity contribution < 1.29 is 37.4 Å². The molecule has 0 aliphatic carbocycles. The first-order chi connectivity index (χ1) is 13.0. The Labute approximate surface area is 152 Å². The van der Waals surface area contributed by atoms with Crippen molar-refractivity contribution in [3.05, 3.63) is 54.1 Å². The van der Waals surface area contributed by atoms with Gasteiger partial charge in [-0.15, -0.1) is 0 Å². The van der Waals surface area contributed by atoms with Gasteiger partial charge in [0, 0.05) is 11.3 Å². The molecule has 0 aliphatic heterocycles. The molecule has 0 saturated heterocycles. The lowest BCUT2D eigenvalue weighted by atomic mass is 10.2. The van der Waals surface area contributed by atoms with Crippen molar-refractivity contribution in [2.75, 3.05) is 18.5 Å². The summed E-state index contributed by atoms with van der Waals surface area (Å²) in [5, 5.41) is 2.43. The van der Waals surface area contributed by atoms with Crippen LogP contribution in [0.4, 0.5) is 14.5 Å². The summed E-state index contributed by atoms with van der Waals surface area (Å²) in [5.74, 6) is -1.05. The van der Waals surface area contributed by atoms with Gasteiger partial charge in [0.1, 0.15) is 17.8 Å². The molecule has 0 fully saturated rings. The number of nitrogens with one attached hydrogen (secondary N) is 1. The van der Waals surface area contributed by atoms with E-state index in [1.807, 2.05) is 0 Å². The van der Waals surface area contributed by atoms with Gasteiger partial charge in [-0.25, -0.2) is 4.79 Å². The third-order valence-electron chi connectivity index (χ3n) is 3.10. The smallest absolute Gasteiger partial charge is 0.387 e. The molecule has 9 heteroatoms. The van der Waals surface area contributed by atoms with Gasteiger partial charge in [-0.05, 0) is 48.5 Å². The van der Waals surface area contributed by atoms with Crippen LogP contribution in [0.2, 0.25) is 0 Å². The highest BCUT2D eigenvalue weighted by Gasteiger charge is 2.10. The van der Waals surface area contributed by atoms with E-state index < -0.39 is 31.7 Å². The third-order valence-corrected chi connectivity index (χ3v) is 3.10. The summed E-state index contributed by atoms with van der Waals surface area (Å²) in [6.07, 6.45) is 0.677. The number of ether oxygens (including phenoxy) is 3. The number of amides is 1. The fraction of sp³-hybridized carbons (Fsp3) is 0.167. The molecule has 0 aliphatic rings. The number of hydrogen-bond donors (Lipinski definition) is 1. The molecular formula is C18H15F2NO6. The number of benzene rings is 2. The minimum absolute atomic E-state index is 0.0484. The van der Waals surface area contributed by atoms with Crippen LogP contribution in [0.15, 0.2) is 48.5 Å². The number of carbonyl (C=O) groups excluding carboxylic acids is 3. The van der Waals surface area contributed by atoms with Crippen LogP contribution in [0.5, 0.6) is 11.5 Å². The summed E-state index contributed by atoms with van der Waals surface area (Å²) in [6, 6.07) is 11.3. The predicted molar refractivity (Wildman–Crippen MR) is 90.0 cm³/mol. The molecule has 1 N–H and O–H groups in total. The summed E-state index contributed by atoms with van der Waals surface area (Å²) >= 11 is 0. The summed E-state index contributed by atoms with van der Waals surface area (Å²) in [5.41, 5.74) is 0.791. The fourth-order valence-corrected chi connectivity index (χ4v) is 1.89. The highest BCUT2D eigenvalue weighted by atomic mass is 19.3. The first-order valence-corrected chi connectivity index (χ1v) is 7.64. The Bertz CT molecular complexity index is 777. The molecule has 2 rings (SSSR count). The molecule has 27 heavy (non-hydrogen) atoms. The Morgan fingerprint density at radius 1 is 0.963 bits per heavy atom. The topological polar surface area (TPSA) is 90.9 Å². The number of hydrogen-bond acceptors (Lipinski definition) is 6. The van der Waals surface area contributed by atoms with Gasteiger partial charge in [0.05, 0.1) is 0 Å². The van der Waals surface area contributed by atoms with Gasteiger partial charge in [0.25, 0.3) is 5.91 Å². The number of rotatable bonds is 9. The molecule has 2 aromatic carbocycles. The lowest BCUT2D eigenvalue weighted by Crippen LogP contribution is -2.23. The van der Waals surface area contributed by atoms with Crippen molar-refractivity contribution in [3.63, 3.8) is 0 Å². The van der Waals surface area contributed by atoms with E-state index in [0.29, 0.717) is 23.3 Å². The number of anilines is 1. The normalized spacial score (nSPS) is 10.2. The number of alkyl halides is 2. The van der Waals surface area contributed by atoms with Crippen molar-refractivity contribution in [3.8, 4) is 11.5 Å². The second-order valence-electron chi connectivity index (χ2n) is 5.09. The van der Waals surface area contributed by atoms with Crippen LogP contribution in [-0.2, 0) is 14.3 Å². The van der Waals surface area contributed by atoms with Crippen LogP contribution in [-0.4, -0.2) is 38.0 Å². The van der Waals surface area contributed by atoms with Gasteiger partial charge < -0.3 is 19.5 Å². The highest BCUT2D eigenvalue weighted by Crippen LogP contribution is 2.17. The molecule has 142 valence electrons. The molecule has 0 unspecified atom stereocenters. The number of esters is 1. The van der Waals surface area contributed by atoms with E-state index in [1.54, 1.807) is 0 Å². The predicted octanol–water partition coefficient (Wildman–Crippen LogP) is 2.66. The molecule has 1 amide bonds. The van der Waals surface area contributed by atoms with Gasteiger partial charge in [-0.2, -0.15) is 8.78 Å². The summed E-state index contributed by atoms with van der Waals surface area (Å²) in [7, 11) is 0. The summed E-state index contributed by atoms with van der Waals surface area (Å²) in [4.78, 5) is 33.8. The molecule has 0 aromatic heterocycles. The second kappa shape index (κ2) is 9.85. The largest absolute Gasteiger partial charge is 0.482 e. The summed E-state index contributed by atoms with van der Waals surface area (Å²) in [6.45, 7) is -3.88. The monoisotopic (exact) mass is 379 g/mol. The van der Waals surface area contributed by atoms with Crippen LogP contribution in [0.25, 0.3) is 0 Å². The second-order valence-corrected chi connectivity index (χ2v) is 5.09. The van der Waals surface area contributed by atoms with Gasteiger partial charge in [0.15, 0.2) is 13.2 Å². The van der Waals surface area contributed by atoms with Gasteiger partial charge in [0.2, 0.25) is 0 Å². The average molecular weight is 379 g/mol. The quantitative estimate of drug-likeness (QED) is 0.532. The molecule has 7 nitrogen and oxygen atoms in total. The van der Waals surface area contributed by atoms with E-state index in [0.717, 1.165) is 0 Å². The molecule has 0 radical (unpaired) electrons. The zero-order valence-electron chi connectivity index (χ0n) is 13.9. The standard InChI is InChI=1S/C18H15F2NO6/c19-18(20)27-15-7-3-13(4-8-15)21-16(23)10-26-17(24)11-25-14-5-1-12(9-22)2-6-14/h1-9,18H,10-11H2,(H,21,23). The Morgan fingerprint density at radius 3 is 2.19 bits per heavy atom. The van der Waals surface area contributed by atoms with Crippen molar-refractivity contribution >= 4 is 23.9 Å². The molecule has 0 bridgehead atoms. The van der Waals surface area contributed by atoms with Crippen molar-refractivity contribution in [2.24, 2.45) is 0 Å². The van der Waals surface area contributed by atoms with Crippen molar-refractivity contribution in [2.45, 2.75) is 6.61 Å². The van der Waals surface area contributed by atoms with E-state index in [2.05, 4.69) is 10.1 Å². The third kappa shape index (κ3) is 7.10. The van der Waals surface area contributed by atoms with Gasteiger partial charge in [-0.3, -0.25) is 9.59 Å². The number of aldehydes is 1. The number of carbonyl (C=O) groups is 3. The zero-order chi connectivity index (χ0) is 19.6. The zero-order valence-corrected chi connectivity index (χ0v) is 13.9. The Kier molecular flexibility index (Phi) is 7.24. The van der Waals surface area contributed by atoms with Crippen LogP contribution < -0.4 is 14.8 Å². The van der Waals surface area contributed by atoms with Gasteiger partial charge in [-0.1, -0.05) is 0 Å². The maximum absolute atomic E-state index is 12.0. The molecule has 2 aromatic rings. The maximum atomic E-state index is 12.0. The van der Waals surface area contributed by atoms with Crippen molar-refractivity contribution in [1.29, 1.82) is 0 Å². The fourth-order valence-electron chi connectivity index (χ4n) is 1.89. The van der Waals surface area contributed by atoms with E-state index in [4.69, 9.17) is 9.47 Å². The van der Waals surface area contributed by atoms with Crippen LogP contribution in [0, 0.1) is 0 Å². The Hall–Kier alpha value is -3.49. The van der Waals surface area contributed by atoms with Gasteiger partial charge >= 0.3 is 12.6 Å². The minimum Gasteiger partial charge on any atom is -0.482 e. The first-order valence-electron chi connectivity index (χ1n) is 7.64. The van der Waals surface area contributed by atoms with Crippen LogP contribution in [0.3, 0.4) is 0 Å². The molecule has 0 saturated carbocycles. The van der Waals surface area contributed by atoms with E-state index in [-0.39, 0.29) is 5.75 Å². The van der Waals surface area contributed by atoms with E-state index in [9.17, 15) is 23.2 Å². The van der Waals surface area contributed by atoms with E-state index >= 15 is 0 Å². The molecule has 0 spiro atoms. The average Bonchev–Trinajstić information content (AvgIpc) is 2.66.